The van der Waals surface area contributed by atoms with E-state index >= 15 is 0 Å². The highest BCUT2D eigenvalue weighted by atomic mass is 35.5. The number of urea groups is 1. The number of alkyl halides is 1. The van der Waals surface area contributed by atoms with Crippen molar-refractivity contribution in [3.8, 4) is 12.3 Å². The van der Waals surface area contributed by atoms with Crippen LogP contribution in [0, 0.1) is 12.3 Å². The number of aromatic nitrogens is 2. The highest BCUT2D eigenvalue weighted by molar-refractivity contribution is 7.15. The summed E-state index contributed by atoms with van der Waals surface area (Å²) in [5.74, 6) is 2.80. The summed E-state index contributed by atoms with van der Waals surface area (Å²) >= 11 is 8.37. The Kier molecular flexibility index (Phi) is 7.92. The predicted octanol–water partition coefficient (Wildman–Crippen LogP) is 4.78. The Morgan fingerprint density at radius 3 is 2.71 bits per heavy atom. The van der Waals surface area contributed by atoms with Crippen molar-refractivity contribution >= 4 is 51.4 Å². The zero-order valence-electron chi connectivity index (χ0n) is 17.5. The first-order chi connectivity index (χ1) is 15.0. The predicted molar refractivity (Wildman–Crippen MR) is 124 cm³/mol. The minimum absolute atomic E-state index is 0.171. The molecule has 1 saturated heterocycles. The molecule has 7 nitrogen and oxygen atoms in total. The van der Waals surface area contributed by atoms with Crippen LogP contribution in [0.25, 0.3) is 0 Å². The third-order valence-electron chi connectivity index (χ3n) is 5.11. The molecule has 10 heteroatoms. The van der Waals surface area contributed by atoms with Crippen LogP contribution in [0.4, 0.5) is 9.93 Å². The molecule has 1 fully saturated rings. The van der Waals surface area contributed by atoms with Crippen LogP contribution in [0.3, 0.4) is 0 Å². The molecule has 166 valence electrons. The summed E-state index contributed by atoms with van der Waals surface area (Å²) in [6.45, 7) is 4.25. The Hall–Kier alpha value is -2.15. The number of carbonyl (C=O) groups is 2. The molecule has 2 aromatic heterocycles. The maximum atomic E-state index is 13.6. The Morgan fingerprint density at radius 2 is 2.13 bits per heavy atom. The topological polar surface area (TPSA) is 75.6 Å². The molecule has 0 aromatic carbocycles. The third-order valence-corrected chi connectivity index (χ3v) is 7.13. The van der Waals surface area contributed by atoms with Crippen LogP contribution >= 0.6 is 34.3 Å². The number of carbonyl (C=O) groups excluding carboxylic acids is 2. The van der Waals surface area contributed by atoms with Crippen LogP contribution in [0.2, 0.25) is 0 Å². The van der Waals surface area contributed by atoms with Gasteiger partial charge in [-0.3, -0.25) is 0 Å². The van der Waals surface area contributed by atoms with E-state index in [-0.39, 0.29) is 12.6 Å². The van der Waals surface area contributed by atoms with Gasteiger partial charge in [0.05, 0.1) is 6.54 Å². The second kappa shape index (κ2) is 10.4. The highest BCUT2D eigenvalue weighted by Gasteiger charge is 2.50. The highest BCUT2D eigenvalue weighted by Crippen LogP contribution is 2.36. The first-order valence-electron chi connectivity index (χ1n) is 10.2. The molecule has 0 N–H and O–H groups in total. The zero-order chi connectivity index (χ0) is 22.4. The van der Waals surface area contributed by atoms with Gasteiger partial charge in [-0.15, -0.1) is 39.6 Å². The number of amides is 2. The van der Waals surface area contributed by atoms with Crippen LogP contribution in [-0.4, -0.2) is 51.3 Å². The van der Waals surface area contributed by atoms with E-state index in [1.807, 2.05) is 13.8 Å². The van der Waals surface area contributed by atoms with Crippen LogP contribution in [0.15, 0.2) is 17.5 Å². The molecule has 31 heavy (non-hydrogen) atoms. The minimum Gasteiger partial charge on any atom is -0.435 e. The Labute approximate surface area is 195 Å². The van der Waals surface area contributed by atoms with Gasteiger partial charge in [-0.1, -0.05) is 50.0 Å². The fourth-order valence-corrected chi connectivity index (χ4v) is 5.54. The number of aryl methyl sites for hydroxylation is 1. The molecule has 3 heterocycles. The summed E-state index contributed by atoms with van der Waals surface area (Å²) in [7, 11) is 0. The molecule has 1 atom stereocenters. The molecule has 1 unspecified atom stereocenters. The molecule has 1 aliphatic rings. The van der Waals surface area contributed by atoms with Gasteiger partial charge < -0.3 is 9.64 Å². The number of rotatable bonds is 10. The third kappa shape index (κ3) is 4.86. The molecule has 0 saturated carbocycles. The normalized spacial score (nSPS) is 16.6. The van der Waals surface area contributed by atoms with E-state index in [1.54, 1.807) is 22.4 Å². The maximum absolute atomic E-state index is 13.6. The SMILES string of the molecule is C#CC(CCC)(CCC)N1CC(OC(=O)c2cccs2)N(c2nnc(CCCl)s2)C1=O. The van der Waals surface area contributed by atoms with Gasteiger partial charge in [0.1, 0.15) is 15.4 Å². The molecule has 0 aliphatic carbocycles. The van der Waals surface area contributed by atoms with Gasteiger partial charge in [-0.05, 0) is 24.3 Å². The summed E-state index contributed by atoms with van der Waals surface area (Å²) in [4.78, 5) is 29.8. The number of halogens is 1. The number of anilines is 1. The van der Waals surface area contributed by atoms with Gasteiger partial charge in [0, 0.05) is 12.3 Å². The number of esters is 1. The first kappa shape index (κ1) is 23.5. The van der Waals surface area contributed by atoms with Gasteiger partial charge in [-0.2, -0.15) is 0 Å². The van der Waals surface area contributed by atoms with Crippen molar-refractivity contribution < 1.29 is 14.3 Å². The standard InChI is InChI=1S/C21H25ClN4O3S2/c1-4-10-21(6-3,11-5-2)25-14-17(29-18(27)15-8-7-13-30-15)26(20(25)28)19-24-23-16(31-19)9-12-22/h3,7-8,13,17H,4-5,9-12,14H2,1-2H3. The van der Waals surface area contributed by atoms with Gasteiger partial charge in [0.25, 0.3) is 0 Å². The summed E-state index contributed by atoms with van der Waals surface area (Å²) in [5.41, 5.74) is -0.743. The molecule has 1 aliphatic heterocycles. The average molecular weight is 481 g/mol. The van der Waals surface area contributed by atoms with E-state index in [1.165, 1.54) is 27.6 Å². The quantitative estimate of drug-likeness (QED) is 0.278. The zero-order valence-corrected chi connectivity index (χ0v) is 19.9. The Balaban J connectivity index is 1.96. The van der Waals surface area contributed by atoms with Gasteiger partial charge in [-0.25, -0.2) is 14.5 Å². The van der Waals surface area contributed by atoms with Crippen LogP contribution in [0.5, 0.6) is 0 Å². The molecule has 0 bridgehead atoms. The molecule has 3 rings (SSSR count). The van der Waals surface area contributed by atoms with E-state index in [4.69, 9.17) is 22.8 Å². The van der Waals surface area contributed by atoms with E-state index in [0.29, 0.717) is 40.2 Å². The lowest BCUT2D eigenvalue weighted by atomic mass is 9.88. The van der Waals surface area contributed by atoms with Crippen LogP contribution < -0.4 is 4.90 Å². The molecular formula is C21H25ClN4O3S2. The number of nitrogens with zero attached hydrogens (tertiary/aromatic N) is 4. The van der Waals surface area contributed by atoms with Crippen molar-refractivity contribution in [1.82, 2.24) is 15.1 Å². The van der Waals surface area contributed by atoms with Gasteiger partial charge in [0.15, 0.2) is 0 Å². The number of hydrogen-bond acceptors (Lipinski definition) is 7. The second-order valence-corrected chi connectivity index (χ2v) is 9.56. The van der Waals surface area contributed by atoms with Gasteiger partial charge >= 0.3 is 12.0 Å². The smallest absolute Gasteiger partial charge is 0.350 e. The van der Waals surface area contributed by atoms with Gasteiger partial charge in [0.2, 0.25) is 11.4 Å². The van der Waals surface area contributed by atoms with Crippen molar-refractivity contribution in [3.63, 3.8) is 0 Å². The molecular weight excluding hydrogens is 456 g/mol. The summed E-state index contributed by atoms with van der Waals surface area (Å²) in [6, 6.07) is 3.15. The van der Waals surface area contributed by atoms with E-state index in [2.05, 4.69) is 16.1 Å². The average Bonchev–Trinajstić information content (AvgIpc) is 3.49. The monoisotopic (exact) mass is 480 g/mol. The van der Waals surface area contributed by atoms with Crippen molar-refractivity contribution in [2.24, 2.45) is 0 Å². The summed E-state index contributed by atoms with van der Waals surface area (Å²) in [5, 5.41) is 11.2. The maximum Gasteiger partial charge on any atom is 0.350 e. The lowest BCUT2D eigenvalue weighted by Gasteiger charge is -2.37. The fraction of sp³-hybridized carbons (Fsp3) is 0.524. The van der Waals surface area contributed by atoms with Crippen molar-refractivity contribution in [1.29, 1.82) is 0 Å². The summed E-state index contributed by atoms with van der Waals surface area (Å²) < 4.78 is 5.77. The van der Waals surface area contributed by atoms with E-state index < -0.39 is 17.7 Å². The molecule has 2 aromatic rings. The number of thiophene rings is 1. The fourth-order valence-electron chi connectivity index (χ4n) is 3.77. The number of hydrogen-bond donors (Lipinski definition) is 0. The van der Waals surface area contributed by atoms with Crippen molar-refractivity contribution in [2.75, 3.05) is 17.3 Å². The summed E-state index contributed by atoms with van der Waals surface area (Å²) in [6.07, 6.45) is 8.64. The Bertz CT molecular complexity index is 935. The molecule has 0 radical (unpaired) electrons. The van der Waals surface area contributed by atoms with E-state index in [9.17, 15) is 9.59 Å². The molecule has 2 amide bonds. The second-order valence-electron chi connectivity index (χ2n) is 7.19. The lowest BCUT2D eigenvalue weighted by molar-refractivity contribution is 0.0299. The van der Waals surface area contributed by atoms with Crippen molar-refractivity contribution in [3.05, 3.63) is 27.4 Å². The number of terminal acetylenes is 1. The van der Waals surface area contributed by atoms with E-state index in [0.717, 1.165) is 12.8 Å². The Morgan fingerprint density at radius 1 is 1.39 bits per heavy atom. The largest absolute Gasteiger partial charge is 0.435 e. The minimum atomic E-state index is -0.847. The first-order valence-corrected chi connectivity index (χ1v) is 12.4. The van der Waals surface area contributed by atoms with Crippen molar-refractivity contribution in [2.45, 2.75) is 57.7 Å². The molecule has 0 spiro atoms. The lowest BCUT2D eigenvalue weighted by Crippen LogP contribution is -2.49. The van der Waals surface area contributed by atoms with Crippen LogP contribution in [0.1, 0.15) is 54.2 Å². The number of ether oxygens (including phenoxy) is 1. The van der Waals surface area contributed by atoms with Crippen LogP contribution in [-0.2, 0) is 11.2 Å².